The van der Waals surface area contributed by atoms with E-state index < -0.39 is 41.1 Å². The Morgan fingerprint density at radius 2 is 1.35 bits per heavy atom. The molecule has 4 atom stereocenters. The summed E-state index contributed by atoms with van der Waals surface area (Å²) in [6, 6.07) is 24.4. The molecule has 8 nitrogen and oxygen atoms in total. The molecule has 7 rings (SSSR count). The number of para-hydroxylation sites is 2. The molecule has 0 N–H and O–H groups in total. The van der Waals surface area contributed by atoms with Crippen LogP contribution in [0.1, 0.15) is 30.5 Å². The van der Waals surface area contributed by atoms with E-state index >= 15 is 0 Å². The number of imide groups is 2. The van der Waals surface area contributed by atoms with Crippen LogP contribution in [-0.2, 0) is 19.2 Å². The highest BCUT2D eigenvalue weighted by Crippen LogP contribution is 2.60. The number of hydrogen-bond acceptors (Lipinski definition) is 6. The summed E-state index contributed by atoms with van der Waals surface area (Å²) in [7, 11) is 0. The van der Waals surface area contributed by atoms with Crippen molar-refractivity contribution in [1.82, 2.24) is 5.01 Å². The molecule has 4 aliphatic rings. The Balaban J connectivity index is 1.46. The van der Waals surface area contributed by atoms with E-state index in [-0.39, 0.29) is 12.3 Å². The maximum absolute atomic E-state index is 14.4. The van der Waals surface area contributed by atoms with E-state index in [2.05, 4.69) is 0 Å². The molecule has 4 heterocycles. The molecule has 3 aromatic carbocycles. The Bertz CT molecular complexity index is 1540. The van der Waals surface area contributed by atoms with Crippen LogP contribution in [0.2, 0.25) is 0 Å². The van der Waals surface area contributed by atoms with Crippen molar-refractivity contribution in [3.05, 3.63) is 96.1 Å². The Morgan fingerprint density at radius 1 is 0.757 bits per heavy atom. The molecule has 37 heavy (non-hydrogen) atoms. The van der Waals surface area contributed by atoms with Crippen molar-refractivity contribution >= 4 is 40.7 Å². The molecule has 0 radical (unpaired) electrons. The van der Waals surface area contributed by atoms with Gasteiger partial charge in [0, 0.05) is 5.56 Å². The largest absolute Gasteiger partial charge is 0.274 e. The topological polar surface area (TPSA) is 90.4 Å². The first-order valence-electron chi connectivity index (χ1n) is 12.2. The lowest BCUT2D eigenvalue weighted by Gasteiger charge is -2.40. The van der Waals surface area contributed by atoms with E-state index in [1.807, 2.05) is 37.3 Å². The molecule has 3 saturated heterocycles. The Labute approximate surface area is 212 Å². The second kappa shape index (κ2) is 7.46. The fourth-order valence-corrected chi connectivity index (χ4v) is 6.61. The van der Waals surface area contributed by atoms with Gasteiger partial charge in [-0.25, -0.2) is 9.80 Å². The van der Waals surface area contributed by atoms with Gasteiger partial charge in [0.25, 0.3) is 5.91 Å². The van der Waals surface area contributed by atoms with Gasteiger partial charge in [-0.1, -0.05) is 60.7 Å². The molecule has 4 aliphatic heterocycles. The zero-order valence-electron chi connectivity index (χ0n) is 19.9. The van der Waals surface area contributed by atoms with Crippen molar-refractivity contribution in [3.63, 3.8) is 0 Å². The summed E-state index contributed by atoms with van der Waals surface area (Å²) in [4.78, 5) is 58.4. The smallest absolute Gasteiger partial charge is 0.262 e. The van der Waals surface area contributed by atoms with Crippen LogP contribution in [0.5, 0.6) is 0 Å². The van der Waals surface area contributed by atoms with Gasteiger partial charge in [-0.3, -0.25) is 24.2 Å². The summed E-state index contributed by atoms with van der Waals surface area (Å²) in [6.45, 7) is 1.84. The molecule has 8 heteroatoms. The average Bonchev–Trinajstić information content (AvgIpc) is 3.46. The first-order chi connectivity index (χ1) is 17.9. The summed E-state index contributed by atoms with van der Waals surface area (Å²) in [6.07, 6.45) is -0.237. The maximum Gasteiger partial charge on any atom is 0.262 e. The van der Waals surface area contributed by atoms with Gasteiger partial charge in [-0.05, 0) is 36.8 Å². The monoisotopic (exact) mass is 490 g/mol. The molecule has 1 spiro atoms. The number of fused-ring (bicyclic) bond motifs is 7. The highest BCUT2D eigenvalue weighted by molar-refractivity contribution is 6.30. The molecule has 0 bridgehead atoms. The zero-order valence-corrected chi connectivity index (χ0v) is 19.9. The summed E-state index contributed by atoms with van der Waals surface area (Å²) in [5.74, 6) is -3.71. The zero-order chi connectivity index (χ0) is 25.5. The van der Waals surface area contributed by atoms with E-state index in [0.29, 0.717) is 17.1 Å². The van der Waals surface area contributed by atoms with Crippen LogP contribution in [0.4, 0.5) is 11.4 Å². The number of hydrazone groups is 1. The van der Waals surface area contributed by atoms with Crippen LogP contribution in [0.3, 0.4) is 0 Å². The average molecular weight is 491 g/mol. The molecular formula is C29H22N4O4. The number of benzene rings is 3. The SMILES string of the molecule is CC1=NN2[C@@H](c3ccccc31)[C@H]1C(=O)N(c3ccccc3)C(=O)[C@H]1[C@]21CC(=O)N(c2ccccc2)C1=O. The molecule has 0 saturated carbocycles. The molecule has 3 aromatic rings. The first kappa shape index (κ1) is 21.7. The fraction of sp³-hybridized carbons (Fsp3) is 0.207. The van der Waals surface area contributed by atoms with Gasteiger partial charge < -0.3 is 0 Å². The number of carbonyl (C=O) groups is 4. The van der Waals surface area contributed by atoms with Gasteiger partial charge in [-0.2, -0.15) is 5.10 Å². The lowest BCUT2D eigenvalue weighted by molar-refractivity contribution is -0.135. The second-order valence-electron chi connectivity index (χ2n) is 9.88. The normalized spacial score (nSPS) is 28.1. The third-order valence-electron chi connectivity index (χ3n) is 8.08. The molecule has 0 aromatic heterocycles. The minimum atomic E-state index is -1.60. The highest BCUT2D eigenvalue weighted by atomic mass is 16.2. The summed E-state index contributed by atoms with van der Waals surface area (Å²) < 4.78 is 0. The number of hydrogen-bond donors (Lipinski definition) is 0. The molecular weight excluding hydrogens is 468 g/mol. The Hall–Kier alpha value is -4.59. The van der Waals surface area contributed by atoms with Gasteiger partial charge in [0.2, 0.25) is 17.7 Å². The first-order valence-corrected chi connectivity index (χ1v) is 12.2. The van der Waals surface area contributed by atoms with Crippen molar-refractivity contribution in [3.8, 4) is 0 Å². The van der Waals surface area contributed by atoms with Gasteiger partial charge in [0.05, 0.1) is 41.4 Å². The molecule has 182 valence electrons. The van der Waals surface area contributed by atoms with E-state index in [9.17, 15) is 19.2 Å². The Morgan fingerprint density at radius 3 is 2.03 bits per heavy atom. The molecule has 3 fully saturated rings. The number of anilines is 2. The van der Waals surface area contributed by atoms with Crippen LogP contribution in [0, 0.1) is 11.8 Å². The quantitative estimate of drug-likeness (QED) is 0.515. The van der Waals surface area contributed by atoms with Crippen LogP contribution in [0.25, 0.3) is 0 Å². The number of carbonyl (C=O) groups excluding carboxylic acids is 4. The van der Waals surface area contributed by atoms with Crippen molar-refractivity contribution < 1.29 is 19.2 Å². The number of amides is 4. The molecule has 4 amide bonds. The van der Waals surface area contributed by atoms with Crippen LogP contribution >= 0.6 is 0 Å². The fourth-order valence-electron chi connectivity index (χ4n) is 6.61. The molecule has 0 aliphatic carbocycles. The van der Waals surface area contributed by atoms with E-state index in [0.717, 1.165) is 16.0 Å². The van der Waals surface area contributed by atoms with E-state index in [4.69, 9.17) is 5.10 Å². The third-order valence-corrected chi connectivity index (χ3v) is 8.08. The standard InChI is InChI=1S/C29H22N4O4/c1-17-20-14-8-9-15-21(20)25-23-24(27(36)32(26(23)35)19-12-6-3-7-13-19)29(33(25)30-17)16-22(34)31(28(29)37)18-10-4-2-5-11-18/h2-15,23-25H,16H2,1H3/t23-,24-,25-,29-/m0/s1. The van der Waals surface area contributed by atoms with E-state index in [1.54, 1.807) is 59.6 Å². The van der Waals surface area contributed by atoms with Crippen molar-refractivity contribution in [2.45, 2.75) is 24.9 Å². The maximum atomic E-state index is 14.4. The second-order valence-corrected chi connectivity index (χ2v) is 9.88. The van der Waals surface area contributed by atoms with Gasteiger partial charge >= 0.3 is 0 Å². The van der Waals surface area contributed by atoms with E-state index in [1.165, 1.54) is 4.90 Å². The summed E-state index contributed by atoms with van der Waals surface area (Å²) in [5, 5.41) is 6.42. The van der Waals surface area contributed by atoms with Gasteiger partial charge in [0.1, 0.15) is 0 Å². The predicted molar refractivity (Wildman–Crippen MR) is 135 cm³/mol. The minimum Gasteiger partial charge on any atom is -0.274 e. The van der Waals surface area contributed by atoms with Crippen molar-refractivity contribution in [2.75, 3.05) is 9.80 Å². The number of nitrogens with zero attached hydrogens (tertiary/aromatic N) is 4. The van der Waals surface area contributed by atoms with Crippen molar-refractivity contribution in [2.24, 2.45) is 16.9 Å². The lowest BCUT2D eigenvalue weighted by atomic mass is 9.78. The summed E-state index contributed by atoms with van der Waals surface area (Å²) >= 11 is 0. The van der Waals surface area contributed by atoms with Crippen LogP contribution in [-0.4, -0.2) is 39.9 Å². The number of rotatable bonds is 2. The molecule has 0 unspecified atom stereocenters. The summed E-state index contributed by atoms with van der Waals surface area (Å²) in [5.41, 5.74) is 1.65. The van der Waals surface area contributed by atoms with Crippen LogP contribution in [0.15, 0.2) is 90.0 Å². The highest BCUT2D eigenvalue weighted by Gasteiger charge is 2.76. The third kappa shape index (κ3) is 2.64. The van der Waals surface area contributed by atoms with Crippen LogP contribution < -0.4 is 9.80 Å². The Kier molecular flexibility index (Phi) is 4.37. The van der Waals surface area contributed by atoms with Gasteiger partial charge in [0.15, 0.2) is 5.54 Å². The van der Waals surface area contributed by atoms with Gasteiger partial charge in [-0.15, -0.1) is 0 Å². The van der Waals surface area contributed by atoms with Crippen molar-refractivity contribution in [1.29, 1.82) is 0 Å². The predicted octanol–water partition coefficient (Wildman–Crippen LogP) is 3.29. The minimum absolute atomic E-state index is 0.237. The lowest BCUT2D eigenvalue weighted by Crippen LogP contribution is -2.56.